The molecule has 1 aromatic carbocycles. The molecule has 0 fully saturated rings. The summed E-state index contributed by atoms with van der Waals surface area (Å²) in [5.41, 5.74) is 6.09. The molecule has 0 heterocycles. The summed E-state index contributed by atoms with van der Waals surface area (Å²) in [5.74, 6) is -0.549. The van der Waals surface area contributed by atoms with Crippen molar-refractivity contribution in [1.82, 2.24) is 0 Å². The second-order valence-electron chi connectivity index (χ2n) is 2.88. The first-order valence-corrected chi connectivity index (χ1v) is 4.20. The van der Waals surface area contributed by atoms with E-state index in [9.17, 15) is 4.39 Å². The van der Waals surface area contributed by atoms with Crippen molar-refractivity contribution in [2.45, 2.75) is 0 Å². The molecule has 0 bridgehead atoms. The zero-order chi connectivity index (χ0) is 11.4. The number of anilines is 2. The number of aliphatic hydroxyl groups is 1. The molecule has 0 saturated carbocycles. The molecule has 0 atom stereocenters. The molecule has 0 radical (unpaired) electrons. The molecule has 3 N–H and O–H groups in total. The average Bonchev–Trinajstić information content (AvgIpc) is 2.24. The third-order valence-electron chi connectivity index (χ3n) is 1.85. The highest BCUT2D eigenvalue weighted by atomic mass is 19.1. The van der Waals surface area contributed by atoms with E-state index in [1.807, 2.05) is 0 Å². The highest BCUT2D eigenvalue weighted by Gasteiger charge is 2.09. The summed E-state index contributed by atoms with van der Waals surface area (Å²) in [4.78, 5) is 0. The molecule has 0 unspecified atom stereocenters. The lowest BCUT2D eigenvalue weighted by Gasteiger charge is -2.19. The van der Waals surface area contributed by atoms with Gasteiger partial charge in [-0.1, -0.05) is 6.58 Å². The molecule has 0 aromatic heterocycles. The average molecular weight is 209 g/mol. The van der Waals surface area contributed by atoms with Crippen molar-refractivity contribution in [3.05, 3.63) is 36.3 Å². The third kappa shape index (κ3) is 2.32. The maximum absolute atomic E-state index is 13.1. The van der Waals surface area contributed by atoms with Gasteiger partial charge in [0.1, 0.15) is 5.82 Å². The standard InChI is InChI=1S/C10H12FN3O/c1-7(6-15)14(13-2)8-3-4-10(12)9(11)5-8/h3-5,15H,1-2,6,12H2. The third-order valence-corrected chi connectivity index (χ3v) is 1.85. The molecule has 1 rings (SSSR count). The van der Waals surface area contributed by atoms with E-state index in [2.05, 4.69) is 18.4 Å². The largest absolute Gasteiger partial charge is 0.396 e. The smallest absolute Gasteiger partial charge is 0.148 e. The minimum atomic E-state index is -0.549. The summed E-state index contributed by atoms with van der Waals surface area (Å²) >= 11 is 0. The highest BCUT2D eigenvalue weighted by Crippen LogP contribution is 2.22. The molecule has 0 spiro atoms. The van der Waals surface area contributed by atoms with Crippen LogP contribution in [0, 0.1) is 5.82 Å². The predicted molar refractivity (Wildman–Crippen MR) is 59.1 cm³/mol. The quantitative estimate of drug-likeness (QED) is 0.447. The Labute approximate surface area is 87.1 Å². The molecule has 5 heteroatoms. The SMILES string of the molecule is C=NN(C(=C)CO)c1ccc(N)c(F)c1. The van der Waals surface area contributed by atoms with Gasteiger partial charge < -0.3 is 10.8 Å². The Hall–Kier alpha value is -1.88. The van der Waals surface area contributed by atoms with Gasteiger partial charge in [-0.05, 0) is 12.1 Å². The molecule has 0 amide bonds. The molecule has 0 saturated heterocycles. The minimum absolute atomic E-state index is 0.0531. The molecular formula is C10H12FN3O. The maximum Gasteiger partial charge on any atom is 0.148 e. The van der Waals surface area contributed by atoms with E-state index in [0.717, 1.165) is 0 Å². The molecule has 0 aliphatic rings. The number of halogens is 1. The van der Waals surface area contributed by atoms with Gasteiger partial charge >= 0.3 is 0 Å². The summed E-state index contributed by atoms with van der Waals surface area (Å²) in [6.07, 6.45) is 0. The fourth-order valence-corrected chi connectivity index (χ4v) is 1.08. The number of nitrogens with two attached hydrogens (primary N) is 1. The van der Waals surface area contributed by atoms with Crippen LogP contribution in [-0.4, -0.2) is 18.4 Å². The van der Waals surface area contributed by atoms with Gasteiger partial charge in [-0.2, -0.15) is 5.10 Å². The molecule has 15 heavy (non-hydrogen) atoms. The van der Waals surface area contributed by atoms with E-state index in [0.29, 0.717) is 11.4 Å². The first-order chi connectivity index (χ1) is 7.10. The first kappa shape index (κ1) is 11.2. The summed E-state index contributed by atoms with van der Waals surface area (Å²) in [5, 5.41) is 13.7. The van der Waals surface area contributed by atoms with Gasteiger partial charge in [-0.3, -0.25) is 0 Å². The number of nitrogens with zero attached hydrogens (tertiary/aromatic N) is 2. The van der Waals surface area contributed by atoms with Crippen LogP contribution in [0.2, 0.25) is 0 Å². The van der Waals surface area contributed by atoms with E-state index in [1.165, 1.54) is 17.1 Å². The topological polar surface area (TPSA) is 61.8 Å². The normalized spacial score (nSPS) is 9.73. The molecule has 80 valence electrons. The summed E-state index contributed by atoms with van der Waals surface area (Å²) in [7, 11) is 0. The number of benzene rings is 1. The van der Waals surface area contributed by atoms with Gasteiger partial charge in [0.15, 0.2) is 0 Å². The van der Waals surface area contributed by atoms with Gasteiger partial charge in [0.25, 0.3) is 0 Å². The zero-order valence-corrected chi connectivity index (χ0v) is 8.15. The Morgan fingerprint density at radius 3 is 2.73 bits per heavy atom. The van der Waals surface area contributed by atoms with Crippen molar-refractivity contribution in [2.24, 2.45) is 5.10 Å². The lowest BCUT2D eigenvalue weighted by Crippen LogP contribution is -2.17. The van der Waals surface area contributed by atoms with E-state index >= 15 is 0 Å². The Balaban J connectivity index is 3.08. The molecule has 0 aliphatic carbocycles. The van der Waals surface area contributed by atoms with Crippen LogP contribution in [0.3, 0.4) is 0 Å². The van der Waals surface area contributed by atoms with Crippen molar-refractivity contribution >= 4 is 18.1 Å². The minimum Gasteiger partial charge on any atom is -0.396 e. The lowest BCUT2D eigenvalue weighted by molar-refractivity contribution is 0.328. The number of rotatable bonds is 4. The Morgan fingerprint density at radius 1 is 1.60 bits per heavy atom. The second kappa shape index (κ2) is 4.56. The fraction of sp³-hybridized carbons (Fsp3) is 0.100. The van der Waals surface area contributed by atoms with Crippen molar-refractivity contribution < 1.29 is 9.50 Å². The van der Waals surface area contributed by atoms with E-state index in [4.69, 9.17) is 10.8 Å². The van der Waals surface area contributed by atoms with Crippen molar-refractivity contribution in [3.8, 4) is 0 Å². The highest BCUT2D eigenvalue weighted by molar-refractivity contribution is 5.57. The van der Waals surface area contributed by atoms with Crippen LogP contribution < -0.4 is 10.7 Å². The summed E-state index contributed by atoms with van der Waals surface area (Å²) in [6, 6.07) is 4.17. The van der Waals surface area contributed by atoms with Crippen LogP contribution in [0.5, 0.6) is 0 Å². The number of hydrogen-bond acceptors (Lipinski definition) is 4. The fourth-order valence-electron chi connectivity index (χ4n) is 1.08. The van der Waals surface area contributed by atoms with E-state index < -0.39 is 5.82 Å². The van der Waals surface area contributed by atoms with E-state index in [-0.39, 0.29) is 12.3 Å². The van der Waals surface area contributed by atoms with E-state index in [1.54, 1.807) is 6.07 Å². The number of hydrogen-bond donors (Lipinski definition) is 2. The number of hydrazone groups is 1. The molecule has 1 aromatic rings. The van der Waals surface area contributed by atoms with Gasteiger partial charge in [-0.15, -0.1) is 0 Å². The first-order valence-electron chi connectivity index (χ1n) is 4.20. The Morgan fingerprint density at radius 2 is 2.27 bits per heavy atom. The molecule has 4 nitrogen and oxygen atoms in total. The predicted octanol–water partition coefficient (Wildman–Crippen LogP) is 1.34. The van der Waals surface area contributed by atoms with Crippen LogP contribution in [-0.2, 0) is 0 Å². The van der Waals surface area contributed by atoms with Gasteiger partial charge in [-0.25, -0.2) is 9.40 Å². The van der Waals surface area contributed by atoms with Crippen LogP contribution in [0.4, 0.5) is 15.8 Å². The second-order valence-corrected chi connectivity index (χ2v) is 2.88. The van der Waals surface area contributed by atoms with Crippen LogP contribution >= 0.6 is 0 Å². The number of aliphatic hydroxyl groups excluding tert-OH is 1. The van der Waals surface area contributed by atoms with Crippen molar-refractivity contribution in [3.63, 3.8) is 0 Å². The zero-order valence-electron chi connectivity index (χ0n) is 8.15. The Bertz CT molecular complexity index is 392. The number of nitrogen functional groups attached to an aromatic ring is 1. The monoisotopic (exact) mass is 209 g/mol. The Kier molecular flexibility index (Phi) is 3.41. The van der Waals surface area contributed by atoms with Crippen molar-refractivity contribution in [2.75, 3.05) is 17.3 Å². The van der Waals surface area contributed by atoms with Gasteiger partial charge in [0, 0.05) is 12.8 Å². The molecule has 0 aliphatic heterocycles. The van der Waals surface area contributed by atoms with Crippen molar-refractivity contribution in [1.29, 1.82) is 0 Å². The lowest BCUT2D eigenvalue weighted by atomic mass is 10.2. The molecular weight excluding hydrogens is 197 g/mol. The summed E-state index contributed by atoms with van der Waals surface area (Å²) in [6.45, 7) is 6.58. The van der Waals surface area contributed by atoms with Gasteiger partial charge in [0.05, 0.1) is 23.7 Å². The summed E-state index contributed by atoms with van der Waals surface area (Å²) < 4.78 is 13.1. The maximum atomic E-state index is 13.1. The van der Waals surface area contributed by atoms with Crippen LogP contribution in [0.25, 0.3) is 0 Å². The van der Waals surface area contributed by atoms with Crippen LogP contribution in [0.15, 0.2) is 35.6 Å². The van der Waals surface area contributed by atoms with Crippen LogP contribution in [0.1, 0.15) is 0 Å². The van der Waals surface area contributed by atoms with Gasteiger partial charge in [0.2, 0.25) is 0 Å².